The summed E-state index contributed by atoms with van der Waals surface area (Å²) in [5.74, 6) is 1.03. The molecular formula is C5H8S. The maximum absolute atomic E-state index is 3.40. The van der Waals surface area contributed by atoms with Crippen LogP contribution in [-0.2, 0) is 0 Å². The van der Waals surface area contributed by atoms with Crippen molar-refractivity contribution in [1.29, 1.82) is 0 Å². The summed E-state index contributed by atoms with van der Waals surface area (Å²) in [5.41, 5.74) is 2.67. The quantitative estimate of drug-likeness (QED) is 0.476. The topological polar surface area (TPSA) is 0 Å². The Morgan fingerprint density at radius 3 is 2.83 bits per heavy atom. The molecule has 0 rings (SSSR count). The molecule has 34 valence electrons. The fraction of sp³-hybridized carbons (Fsp3) is 0.400. The van der Waals surface area contributed by atoms with Gasteiger partial charge < -0.3 is 0 Å². The van der Waals surface area contributed by atoms with Crippen LogP contribution in [-0.4, -0.2) is 12.0 Å². The summed E-state index contributed by atoms with van der Waals surface area (Å²) < 4.78 is 0. The molecule has 0 aromatic heterocycles. The molecule has 0 saturated heterocycles. The number of rotatable bonds is 2. The van der Waals surface area contributed by atoms with E-state index < -0.39 is 0 Å². The third-order valence-electron chi connectivity index (χ3n) is 0.394. The first-order valence-corrected chi connectivity index (χ1v) is 3.14. The lowest BCUT2D eigenvalue weighted by molar-refractivity contribution is 1.80. The van der Waals surface area contributed by atoms with Crippen LogP contribution in [0.15, 0.2) is 18.4 Å². The largest absolute Gasteiger partial charge is 0.161 e. The highest BCUT2D eigenvalue weighted by Gasteiger charge is 1.63. The molecule has 0 aliphatic heterocycles. The first-order chi connectivity index (χ1) is 2.91. The first kappa shape index (κ1) is 5.87. The van der Waals surface area contributed by atoms with E-state index in [0.717, 1.165) is 5.75 Å². The summed E-state index contributed by atoms with van der Waals surface area (Å²) in [6.45, 7) is 3.40. The second-order valence-electron chi connectivity index (χ2n) is 0.864. The van der Waals surface area contributed by atoms with Gasteiger partial charge in [-0.3, -0.25) is 0 Å². The van der Waals surface area contributed by atoms with Crippen LogP contribution in [0.3, 0.4) is 0 Å². The highest BCUT2D eigenvalue weighted by molar-refractivity contribution is 7.98. The Bertz CT molecular complexity index is 60.3. The Morgan fingerprint density at radius 2 is 2.67 bits per heavy atom. The summed E-state index contributed by atoms with van der Waals surface area (Å²) in [4.78, 5) is 0. The van der Waals surface area contributed by atoms with Gasteiger partial charge in [-0.25, -0.2) is 0 Å². The minimum Gasteiger partial charge on any atom is -0.161 e. The SMILES string of the molecule is C=C=CCSC. The van der Waals surface area contributed by atoms with Gasteiger partial charge in [0.15, 0.2) is 0 Å². The van der Waals surface area contributed by atoms with Gasteiger partial charge in [0.25, 0.3) is 0 Å². The van der Waals surface area contributed by atoms with Crippen molar-refractivity contribution < 1.29 is 0 Å². The number of hydrogen-bond acceptors (Lipinski definition) is 1. The molecule has 0 saturated carbocycles. The predicted molar refractivity (Wildman–Crippen MR) is 32.1 cm³/mol. The third-order valence-corrected chi connectivity index (χ3v) is 0.894. The molecule has 0 aliphatic rings. The molecule has 0 unspecified atom stereocenters. The van der Waals surface area contributed by atoms with Gasteiger partial charge in [0, 0.05) is 5.75 Å². The average Bonchev–Trinajstić information content (AvgIpc) is 1.61. The van der Waals surface area contributed by atoms with Crippen LogP contribution < -0.4 is 0 Å². The molecule has 0 radical (unpaired) electrons. The van der Waals surface area contributed by atoms with Gasteiger partial charge in [-0.2, -0.15) is 11.8 Å². The summed E-state index contributed by atoms with van der Waals surface area (Å²) >= 11 is 1.77. The predicted octanol–water partition coefficient (Wildman–Crippen LogP) is 1.69. The van der Waals surface area contributed by atoms with E-state index in [2.05, 4.69) is 12.3 Å². The molecule has 0 nitrogen and oxygen atoms in total. The smallest absolute Gasteiger partial charge is 0.0186 e. The summed E-state index contributed by atoms with van der Waals surface area (Å²) in [6.07, 6.45) is 3.96. The Morgan fingerprint density at radius 1 is 2.00 bits per heavy atom. The van der Waals surface area contributed by atoms with Gasteiger partial charge in [-0.05, 0) is 12.3 Å². The molecule has 0 atom stereocenters. The van der Waals surface area contributed by atoms with Gasteiger partial charge in [-0.15, -0.1) is 5.73 Å². The van der Waals surface area contributed by atoms with Crippen molar-refractivity contribution in [2.24, 2.45) is 0 Å². The van der Waals surface area contributed by atoms with E-state index in [1.165, 1.54) is 0 Å². The molecule has 0 aromatic rings. The van der Waals surface area contributed by atoms with Crippen molar-refractivity contribution in [3.63, 3.8) is 0 Å². The molecule has 0 bridgehead atoms. The summed E-state index contributed by atoms with van der Waals surface area (Å²) in [7, 11) is 0. The van der Waals surface area contributed by atoms with E-state index in [4.69, 9.17) is 0 Å². The zero-order valence-corrected chi connectivity index (χ0v) is 4.72. The Hall–Kier alpha value is -0.130. The minimum atomic E-state index is 1.03. The van der Waals surface area contributed by atoms with Crippen LogP contribution in [0.4, 0.5) is 0 Å². The molecule has 1 heteroatoms. The van der Waals surface area contributed by atoms with Gasteiger partial charge >= 0.3 is 0 Å². The highest BCUT2D eigenvalue weighted by Crippen LogP contribution is 1.87. The van der Waals surface area contributed by atoms with Crippen molar-refractivity contribution >= 4 is 11.8 Å². The lowest BCUT2D eigenvalue weighted by Gasteiger charge is -1.74. The molecule has 0 fully saturated rings. The lowest BCUT2D eigenvalue weighted by atomic mass is 10.7. The monoisotopic (exact) mass is 100 g/mol. The molecule has 0 heterocycles. The van der Waals surface area contributed by atoms with Crippen molar-refractivity contribution in [2.45, 2.75) is 0 Å². The Kier molecular flexibility index (Phi) is 4.76. The second kappa shape index (κ2) is 4.87. The summed E-state index contributed by atoms with van der Waals surface area (Å²) in [6, 6.07) is 0. The van der Waals surface area contributed by atoms with Crippen molar-refractivity contribution in [2.75, 3.05) is 12.0 Å². The van der Waals surface area contributed by atoms with Crippen molar-refractivity contribution in [3.05, 3.63) is 18.4 Å². The van der Waals surface area contributed by atoms with Crippen LogP contribution in [0.1, 0.15) is 0 Å². The number of thioether (sulfide) groups is 1. The van der Waals surface area contributed by atoms with E-state index in [0.29, 0.717) is 0 Å². The molecule has 0 aliphatic carbocycles. The Labute approximate surface area is 42.9 Å². The average molecular weight is 100 g/mol. The summed E-state index contributed by atoms with van der Waals surface area (Å²) in [5, 5.41) is 0. The number of hydrogen-bond donors (Lipinski definition) is 0. The van der Waals surface area contributed by atoms with Gasteiger partial charge in [0.2, 0.25) is 0 Å². The lowest BCUT2D eigenvalue weighted by Crippen LogP contribution is -1.58. The standard InChI is InChI=1S/C5H8S/c1-3-4-5-6-2/h4H,1,5H2,2H3. The van der Waals surface area contributed by atoms with Gasteiger partial charge in [-0.1, -0.05) is 6.58 Å². The fourth-order valence-corrected chi connectivity index (χ4v) is 0.427. The first-order valence-electron chi connectivity index (χ1n) is 1.75. The van der Waals surface area contributed by atoms with Gasteiger partial charge in [0.1, 0.15) is 0 Å². The van der Waals surface area contributed by atoms with Crippen molar-refractivity contribution in [3.8, 4) is 0 Å². The maximum atomic E-state index is 3.40. The van der Waals surface area contributed by atoms with Gasteiger partial charge in [0.05, 0.1) is 0 Å². The third kappa shape index (κ3) is 3.87. The normalized spacial score (nSPS) is 6.83. The Balaban J connectivity index is 2.86. The molecule has 0 spiro atoms. The van der Waals surface area contributed by atoms with E-state index in [1.54, 1.807) is 11.8 Å². The van der Waals surface area contributed by atoms with E-state index in [1.807, 2.05) is 12.3 Å². The zero-order chi connectivity index (χ0) is 4.83. The van der Waals surface area contributed by atoms with E-state index in [-0.39, 0.29) is 0 Å². The highest BCUT2D eigenvalue weighted by atomic mass is 32.2. The fourth-order valence-electron chi connectivity index (χ4n) is 0.142. The van der Waals surface area contributed by atoms with Crippen LogP contribution in [0.5, 0.6) is 0 Å². The molecule has 6 heavy (non-hydrogen) atoms. The van der Waals surface area contributed by atoms with Crippen LogP contribution in [0.25, 0.3) is 0 Å². The van der Waals surface area contributed by atoms with Crippen LogP contribution >= 0.6 is 11.8 Å². The molecule has 0 N–H and O–H groups in total. The molecular weight excluding hydrogens is 92.1 g/mol. The molecule has 0 aromatic carbocycles. The maximum Gasteiger partial charge on any atom is 0.0186 e. The van der Waals surface area contributed by atoms with Crippen molar-refractivity contribution in [1.82, 2.24) is 0 Å². The minimum absolute atomic E-state index is 1.03. The molecule has 0 amide bonds. The van der Waals surface area contributed by atoms with Crippen LogP contribution in [0.2, 0.25) is 0 Å². The second-order valence-corrected chi connectivity index (χ2v) is 1.77. The zero-order valence-electron chi connectivity index (χ0n) is 3.90. The van der Waals surface area contributed by atoms with Crippen LogP contribution in [0, 0.1) is 0 Å². The van der Waals surface area contributed by atoms with E-state index >= 15 is 0 Å². The van der Waals surface area contributed by atoms with E-state index in [9.17, 15) is 0 Å².